The summed E-state index contributed by atoms with van der Waals surface area (Å²) in [5, 5.41) is 12.4. The number of hydrogen-bond donors (Lipinski definition) is 2. The van der Waals surface area contributed by atoms with Crippen LogP contribution in [-0.2, 0) is 16.2 Å². The fourth-order valence-corrected chi connectivity index (χ4v) is 6.14. The van der Waals surface area contributed by atoms with Crippen molar-refractivity contribution in [3.05, 3.63) is 99.0 Å². The fourth-order valence-electron chi connectivity index (χ4n) is 4.73. The monoisotopic (exact) mass is 615 g/mol. The third kappa shape index (κ3) is 6.90. The Balaban J connectivity index is 1.69. The van der Waals surface area contributed by atoms with E-state index in [1.54, 1.807) is 24.3 Å². The van der Waals surface area contributed by atoms with Gasteiger partial charge in [0.2, 0.25) is 10.0 Å². The predicted molar refractivity (Wildman–Crippen MR) is 148 cm³/mol. The standard InChI is InChI=1S/C27H26Cl2F3N3O4S/c1-40(38,39)35(23-13-19(26(37)33-10-11-36)12-20(14-23)27(30,31)32)24-15-34(16-24)25(17-2-6-21(28)7-3-17)18-4-8-22(29)9-5-18/h2-9,12-14,24-25,36H,10-11,15-16H2,1H3,(H,33,37). The summed E-state index contributed by atoms with van der Waals surface area (Å²) in [7, 11) is -4.06. The van der Waals surface area contributed by atoms with E-state index < -0.39 is 40.3 Å². The maximum absolute atomic E-state index is 13.8. The molecular formula is C27H26Cl2F3N3O4S. The minimum absolute atomic E-state index is 0.172. The number of aliphatic hydroxyl groups is 1. The molecular weight excluding hydrogens is 590 g/mol. The van der Waals surface area contributed by atoms with Crippen molar-refractivity contribution in [2.75, 3.05) is 36.8 Å². The normalized spacial score (nSPS) is 14.7. The lowest BCUT2D eigenvalue weighted by Crippen LogP contribution is -2.61. The number of alkyl halides is 3. The summed E-state index contributed by atoms with van der Waals surface area (Å²) < 4.78 is 68.1. The average Bonchev–Trinajstić information content (AvgIpc) is 2.86. The van der Waals surface area contributed by atoms with Gasteiger partial charge < -0.3 is 10.4 Å². The number of amides is 1. The molecule has 1 amide bonds. The maximum Gasteiger partial charge on any atom is 0.416 e. The highest BCUT2D eigenvalue weighted by Gasteiger charge is 2.42. The number of carbonyl (C=O) groups is 1. The van der Waals surface area contributed by atoms with Gasteiger partial charge in [-0.25, -0.2) is 8.42 Å². The second-order valence-electron chi connectivity index (χ2n) is 9.42. The highest BCUT2D eigenvalue weighted by Crippen LogP contribution is 2.39. The van der Waals surface area contributed by atoms with Crippen LogP contribution in [0.5, 0.6) is 0 Å². The second-order valence-corrected chi connectivity index (χ2v) is 12.2. The Morgan fingerprint density at radius 2 is 1.55 bits per heavy atom. The Kier molecular flexibility index (Phi) is 9.01. The lowest BCUT2D eigenvalue weighted by atomic mass is 9.93. The summed E-state index contributed by atoms with van der Waals surface area (Å²) in [6.45, 7) is -0.182. The Labute approximate surface area is 240 Å². The van der Waals surface area contributed by atoms with Crippen molar-refractivity contribution in [3.8, 4) is 0 Å². The van der Waals surface area contributed by atoms with E-state index in [1.165, 1.54) is 0 Å². The molecule has 13 heteroatoms. The molecule has 1 saturated heterocycles. The number of likely N-dealkylation sites (tertiary alicyclic amines) is 1. The van der Waals surface area contributed by atoms with E-state index in [0.717, 1.165) is 33.8 Å². The number of nitrogens with one attached hydrogen (secondary N) is 1. The van der Waals surface area contributed by atoms with Crippen molar-refractivity contribution in [2.24, 2.45) is 0 Å². The topological polar surface area (TPSA) is 90.0 Å². The Morgan fingerprint density at radius 3 is 2.00 bits per heavy atom. The quantitative estimate of drug-likeness (QED) is 0.355. The van der Waals surface area contributed by atoms with E-state index in [-0.39, 0.29) is 36.9 Å². The lowest BCUT2D eigenvalue weighted by Gasteiger charge is -2.49. The molecule has 2 N–H and O–H groups in total. The Hall–Kier alpha value is -2.83. The molecule has 0 aromatic heterocycles. The minimum Gasteiger partial charge on any atom is -0.395 e. The number of carbonyl (C=O) groups excluding carboxylic acids is 1. The molecule has 0 atom stereocenters. The lowest BCUT2D eigenvalue weighted by molar-refractivity contribution is -0.137. The average molecular weight is 616 g/mol. The molecule has 0 radical (unpaired) electrons. The highest BCUT2D eigenvalue weighted by atomic mass is 35.5. The number of nitrogens with zero attached hydrogens (tertiary/aromatic N) is 2. The number of rotatable bonds is 9. The minimum atomic E-state index is -4.83. The smallest absolute Gasteiger partial charge is 0.395 e. The first-order valence-electron chi connectivity index (χ1n) is 12.1. The first-order chi connectivity index (χ1) is 18.8. The summed E-state index contributed by atoms with van der Waals surface area (Å²) in [6.07, 6.45) is -3.91. The number of anilines is 1. The van der Waals surface area contributed by atoms with E-state index in [1.807, 2.05) is 29.2 Å². The molecule has 7 nitrogen and oxygen atoms in total. The van der Waals surface area contributed by atoms with Crippen LogP contribution in [0.3, 0.4) is 0 Å². The van der Waals surface area contributed by atoms with Crippen LogP contribution >= 0.6 is 23.2 Å². The summed E-state index contributed by atoms with van der Waals surface area (Å²) in [5.74, 6) is -0.865. The van der Waals surface area contributed by atoms with Crippen LogP contribution in [-0.4, -0.2) is 62.9 Å². The van der Waals surface area contributed by atoms with Crippen LogP contribution in [0.2, 0.25) is 10.0 Å². The molecule has 1 aliphatic heterocycles. The molecule has 1 aliphatic rings. The largest absolute Gasteiger partial charge is 0.416 e. The molecule has 0 spiro atoms. The van der Waals surface area contributed by atoms with Crippen LogP contribution in [0.4, 0.5) is 18.9 Å². The van der Waals surface area contributed by atoms with Crippen LogP contribution < -0.4 is 9.62 Å². The molecule has 0 saturated carbocycles. The molecule has 0 bridgehead atoms. The number of benzene rings is 3. The van der Waals surface area contributed by atoms with E-state index in [2.05, 4.69) is 5.32 Å². The van der Waals surface area contributed by atoms with Crippen molar-refractivity contribution < 1.29 is 31.5 Å². The van der Waals surface area contributed by atoms with Crippen molar-refractivity contribution >= 4 is 44.8 Å². The number of halogens is 5. The Bertz CT molecular complexity index is 1420. The molecule has 0 unspecified atom stereocenters. The first kappa shape index (κ1) is 30.1. The highest BCUT2D eigenvalue weighted by molar-refractivity contribution is 7.92. The zero-order chi connectivity index (χ0) is 29.2. The molecule has 3 aromatic rings. The van der Waals surface area contributed by atoms with Gasteiger partial charge in [-0.05, 0) is 53.6 Å². The molecule has 4 rings (SSSR count). The van der Waals surface area contributed by atoms with Gasteiger partial charge in [0.05, 0.1) is 36.2 Å². The van der Waals surface area contributed by atoms with Gasteiger partial charge in [-0.3, -0.25) is 14.0 Å². The van der Waals surface area contributed by atoms with Gasteiger partial charge in [-0.2, -0.15) is 13.2 Å². The molecule has 1 heterocycles. The van der Waals surface area contributed by atoms with E-state index in [9.17, 15) is 26.4 Å². The molecule has 214 valence electrons. The summed E-state index contributed by atoms with van der Waals surface area (Å²) >= 11 is 12.2. The zero-order valence-corrected chi connectivity index (χ0v) is 23.5. The van der Waals surface area contributed by atoms with E-state index in [0.29, 0.717) is 16.1 Å². The van der Waals surface area contributed by atoms with Crippen LogP contribution in [0, 0.1) is 0 Å². The molecule has 3 aromatic carbocycles. The summed E-state index contributed by atoms with van der Waals surface area (Å²) in [6, 6.07) is 15.9. The van der Waals surface area contributed by atoms with Crippen molar-refractivity contribution in [1.82, 2.24) is 10.2 Å². The SMILES string of the molecule is CS(=O)(=O)N(c1cc(C(=O)NCCO)cc(C(F)(F)F)c1)C1CN(C(c2ccc(Cl)cc2)c2ccc(Cl)cc2)C1. The van der Waals surface area contributed by atoms with E-state index >= 15 is 0 Å². The fraction of sp³-hybridized carbons (Fsp3) is 0.296. The first-order valence-corrected chi connectivity index (χ1v) is 14.7. The van der Waals surface area contributed by atoms with Crippen LogP contribution in [0.1, 0.15) is 33.1 Å². The van der Waals surface area contributed by atoms with Gasteiger partial charge in [-0.1, -0.05) is 47.5 Å². The third-order valence-electron chi connectivity index (χ3n) is 6.48. The van der Waals surface area contributed by atoms with Crippen molar-refractivity contribution in [1.29, 1.82) is 0 Å². The Morgan fingerprint density at radius 1 is 1.02 bits per heavy atom. The number of sulfonamides is 1. The molecule has 1 fully saturated rings. The van der Waals surface area contributed by atoms with Gasteiger partial charge in [-0.15, -0.1) is 0 Å². The van der Waals surface area contributed by atoms with Gasteiger partial charge in [0, 0.05) is 35.2 Å². The van der Waals surface area contributed by atoms with Crippen molar-refractivity contribution in [3.63, 3.8) is 0 Å². The summed E-state index contributed by atoms with van der Waals surface area (Å²) in [4.78, 5) is 14.5. The van der Waals surface area contributed by atoms with Crippen LogP contribution in [0.15, 0.2) is 66.7 Å². The van der Waals surface area contributed by atoms with Gasteiger partial charge in [0.15, 0.2) is 0 Å². The number of aliphatic hydroxyl groups excluding tert-OH is 1. The van der Waals surface area contributed by atoms with E-state index in [4.69, 9.17) is 28.3 Å². The van der Waals surface area contributed by atoms with Crippen LogP contribution in [0.25, 0.3) is 0 Å². The number of hydrogen-bond acceptors (Lipinski definition) is 5. The van der Waals surface area contributed by atoms with Gasteiger partial charge in [0.25, 0.3) is 5.91 Å². The zero-order valence-electron chi connectivity index (χ0n) is 21.2. The summed E-state index contributed by atoms with van der Waals surface area (Å²) in [5.41, 5.74) is -0.0332. The van der Waals surface area contributed by atoms with Gasteiger partial charge >= 0.3 is 6.18 Å². The van der Waals surface area contributed by atoms with Crippen molar-refractivity contribution in [2.45, 2.75) is 18.3 Å². The maximum atomic E-state index is 13.8. The molecule has 40 heavy (non-hydrogen) atoms. The van der Waals surface area contributed by atoms with Gasteiger partial charge in [0.1, 0.15) is 0 Å². The third-order valence-corrected chi connectivity index (χ3v) is 8.20. The predicted octanol–water partition coefficient (Wildman–Crippen LogP) is 4.97. The second kappa shape index (κ2) is 12.0. The molecule has 0 aliphatic carbocycles.